The van der Waals surface area contributed by atoms with Gasteiger partial charge < -0.3 is 47.5 Å². The number of nitrogens with zero attached hydrogens (tertiary/aromatic N) is 9. The zero-order valence-electron chi connectivity index (χ0n) is 43.6. The first-order chi connectivity index (χ1) is 34.1. The highest BCUT2D eigenvalue weighted by Gasteiger charge is 2.29. The Morgan fingerprint density at radius 3 is 1.36 bits per heavy atom. The van der Waals surface area contributed by atoms with Crippen molar-refractivity contribution >= 4 is 97.3 Å². The molecule has 20 heteroatoms. The van der Waals surface area contributed by atoms with E-state index in [0.29, 0.717) is 81.3 Å². The minimum Gasteiger partial charge on any atom is -0.368 e. The fourth-order valence-corrected chi connectivity index (χ4v) is 8.29. The number of anilines is 6. The molecule has 0 spiro atoms. The van der Waals surface area contributed by atoms with Gasteiger partial charge in [-0.3, -0.25) is 4.98 Å². The Morgan fingerprint density at radius 1 is 0.542 bits per heavy atom. The van der Waals surface area contributed by atoms with Crippen LogP contribution in [0.3, 0.4) is 0 Å². The number of Topliss-reactive ketones (excluding diaryl/α,β-unsaturated/α-hetero) is 3. The number of nitrogen functional groups attached to an aromatic ring is 3. The average Bonchev–Trinajstić information content (AvgIpc) is 3.31. The zero-order valence-corrected chi connectivity index (χ0v) is 44.3. The van der Waals surface area contributed by atoms with Crippen molar-refractivity contribution in [1.82, 2.24) is 44.9 Å². The van der Waals surface area contributed by atoms with Gasteiger partial charge in [-0.1, -0.05) is 77.3 Å². The average molecular weight is 1010 g/mol. The molecule has 6 rings (SSSR count). The number of nitrogens with one attached hydrogen (secondary N) is 3. The fourth-order valence-electron chi connectivity index (χ4n) is 8.13. The molecule has 0 bridgehead atoms. The molecule has 0 fully saturated rings. The van der Waals surface area contributed by atoms with Crippen LogP contribution in [-0.2, 0) is 14.4 Å². The van der Waals surface area contributed by atoms with E-state index in [2.05, 4.69) is 102 Å². The summed E-state index contributed by atoms with van der Waals surface area (Å²) in [7, 11) is 0. The van der Waals surface area contributed by atoms with Gasteiger partial charge in [0, 0.05) is 54.3 Å². The van der Waals surface area contributed by atoms with Crippen LogP contribution in [0.5, 0.6) is 0 Å². The van der Waals surface area contributed by atoms with Crippen LogP contribution in [0.25, 0.3) is 33.1 Å². The van der Waals surface area contributed by atoms with Crippen molar-refractivity contribution in [3.63, 3.8) is 0 Å². The second kappa shape index (κ2) is 27.4. The molecular weight excluding hydrogens is 937 g/mol. The van der Waals surface area contributed by atoms with Crippen molar-refractivity contribution in [2.75, 3.05) is 33.2 Å². The standard InChI is InChI=1S/C18H26ClN5O.C17H24FN5O.C17H25N5O/c1-4-5-6-8-18(3,9-7-12(2)25)24-16-15-14(22-17(20)23-16)10-13(19)11-21-15;1-4-5-7-17(3,8-6-11(2)24)23-15-14-13(21-16(19)22-15)9-12(18)10-20-14;1-4-5-9-17(3,10-8-12(2)23)22-15-14-13(7-6-11-19-14)20-16(18)21-15/h10-11H,4-9H2,1-3H3,(H3,20,22,23,24);9-10H,4-8H2,1-3H3,(H3,19,21,22,23);6-7,11H,4-5,8-10H2,1-3H3,(H3,18,20,21,22)/t18-;2*17-/m100/s1. The topological polar surface area (TPSA) is 281 Å². The lowest BCUT2D eigenvalue weighted by Crippen LogP contribution is -2.36. The Bertz CT molecular complexity index is 2760. The van der Waals surface area contributed by atoms with E-state index < -0.39 is 5.82 Å². The van der Waals surface area contributed by atoms with Crippen LogP contribution in [0.4, 0.5) is 39.7 Å². The third-order valence-electron chi connectivity index (χ3n) is 12.4. The van der Waals surface area contributed by atoms with E-state index in [9.17, 15) is 18.8 Å². The van der Waals surface area contributed by atoms with E-state index in [1.165, 1.54) is 6.07 Å². The number of hydrogen-bond donors (Lipinski definition) is 6. The van der Waals surface area contributed by atoms with Gasteiger partial charge in [-0.2, -0.15) is 15.0 Å². The summed E-state index contributed by atoms with van der Waals surface area (Å²) in [5.41, 5.74) is 20.1. The van der Waals surface area contributed by atoms with Crippen molar-refractivity contribution in [2.24, 2.45) is 0 Å². The van der Waals surface area contributed by atoms with Crippen molar-refractivity contribution in [3.05, 3.63) is 53.7 Å². The van der Waals surface area contributed by atoms with E-state index in [0.717, 1.165) is 83.2 Å². The lowest BCUT2D eigenvalue weighted by Gasteiger charge is -2.32. The molecule has 0 amide bonds. The quantitative estimate of drug-likeness (QED) is 0.0291. The summed E-state index contributed by atoms with van der Waals surface area (Å²) in [6.07, 6.45) is 18.5. The second-order valence-corrected chi connectivity index (χ2v) is 20.0. The Morgan fingerprint density at radius 2 is 0.931 bits per heavy atom. The monoisotopic (exact) mass is 1010 g/mol. The molecule has 6 aromatic heterocycles. The van der Waals surface area contributed by atoms with Crippen LogP contribution in [0.15, 0.2) is 42.9 Å². The number of pyridine rings is 3. The van der Waals surface area contributed by atoms with E-state index in [1.807, 2.05) is 12.1 Å². The lowest BCUT2D eigenvalue weighted by atomic mass is 9.88. The molecular formula is C52H75ClFN15O3. The third-order valence-corrected chi connectivity index (χ3v) is 12.6. The van der Waals surface area contributed by atoms with Crippen LogP contribution >= 0.6 is 11.6 Å². The molecule has 0 saturated carbocycles. The molecule has 72 heavy (non-hydrogen) atoms. The Balaban J connectivity index is 0.000000235. The molecule has 6 aromatic rings. The van der Waals surface area contributed by atoms with Gasteiger partial charge in [0.15, 0.2) is 17.5 Å². The summed E-state index contributed by atoms with van der Waals surface area (Å²) < 4.78 is 13.4. The molecule has 0 aromatic carbocycles. The molecule has 3 atom stereocenters. The van der Waals surface area contributed by atoms with Crippen molar-refractivity contribution < 1.29 is 18.8 Å². The third kappa shape index (κ3) is 18.6. The number of aromatic nitrogens is 9. The van der Waals surface area contributed by atoms with Gasteiger partial charge in [0.25, 0.3) is 0 Å². The molecule has 0 aliphatic carbocycles. The molecule has 0 unspecified atom stereocenters. The van der Waals surface area contributed by atoms with Gasteiger partial charge in [0.1, 0.15) is 39.7 Å². The number of nitrogens with two attached hydrogens (primary N) is 3. The number of carbonyl (C=O) groups is 3. The zero-order chi connectivity index (χ0) is 53.1. The van der Waals surface area contributed by atoms with E-state index in [-0.39, 0.29) is 51.8 Å². The van der Waals surface area contributed by atoms with Crippen LogP contribution < -0.4 is 33.2 Å². The Labute approximate surface area is 428 Å². The minimum absolute atomic E-state index is 0.0572. The summed E-state index contributed by atoms with van der Waals surface area (Å²) in [5.74, 6) is 2.18. The number of unbranched alkanes of at least 4 members (excludes halogenated alkanes) is 4. The first kappa shape index (κ1) is 58.1. The predicted octanol–water partition coefficient (Wildman–Crippen LogP) is 11.2. The Kier molecular flexibility index (Phi) is 22.1. The van der Waals surface area contributed by atoms with Crippen LogP contribution in [0.1, 0.15) is 165 Å². The van der Waals surface area contributed by atoms with Crippen molar-refractivity contribution in [1.29, 1.82) is 0 Å². The number of halogens is 2. The van der Waals surface area contributed by atoms with Gasteiger partial charge >= 0.3 is 0 Å². The maximum absolute atomic E-state index is 13.4. The maximum atomic E-state index is 13.4. The Hall–Kier alpha value is -6.50. The molecule has 390 valence electrons. The smallest absolute Gasteiger partial charge is 0.222 e. The summed E-state index contributed by atoms with van der Waals surface area (Å²) in [6, 6.07) is 6.69. The SMILES string of the molecule is CCCCC[C@](C)(CCC(C)=O)Nc1nc(N)nc2cc(Cl)cnc12.CCCC[C@@](C)(CCC(C)=O)Nc1nc(N)nc2cc(F)cnc12.CCCC[C@@](C)(CCC(C)=O)Nc1nc(N)nc2cccnc12. The van der Waals surface area contributed by atoms with E-state index >= 15 is 0 Å². The van der Waals surface area contributed by atoms with Gasteiger partial charge in [-0.05, 0) is 98.3 Å². The highest BCUT2D eigenvalue weighted by molar-refractivity contribution is 6.31. The predicted molar refractivity (Wildman–Crippen MR) is 289 cm³/mol. The van der Waals surface area contributed by atoms with Gasteiger partial charge in [0.05, 0.1) is 27.8 Å². The number of carbonyl (C=O) groups excluding carboxylic acids is 3. The molecule has 0 aliphatic rings. The molecule has 6 heterocycles. The number of ketones is 3. The first-order valence-corrected chi connectivity index (χ1v) is 25.4. The van der Waals surface area contributed by atoms with Gasteiger partial charge in [0.2, 0.25) is 17.8 Å². The highest BCUT2D eigenvalue weighted by atomic mass is 35.5. The minimum atomic E-state index is -0.475. The van der Waals surface area contributed by atoms with Crippen LogP contribution in [0, 0.1) is 5.82 Å². The summed E-state index contributed by atoms with van der Waals surface area (Å²) >= 11 is 6.00. The van der Waals surface area contributed by atoms with Gasteiger partial charge in [-0.25, -0.2) is 29.3 Å². The van der Waals surface area contributed by atoms with Crippen LogP contribution in [-0.4, -0.2) is 78.8 Å². The number of fused-ring (bicyclic) bond motifs is 3. The maximum Gasteiger partial charge on any atom is 0.222 e. The summed E-state index contributed by atoms with van der Waals surface area (Å²) in [4.78, 5) is 72.4. The van der Waals surface area contributed by atoms with E-state index in [1.54, 1.807) is 39.2 Å². The molecule has 18 nitrogen and oxygen atoms in total. The first-order valence-electron chi connectivity index (χ1n) is 25.0. The summed E-state index contributed by atoms with van der Waals surface area (Å²) in [5, 5.41) is 10.8. The summed E-state index contributed by atoms with van der Waals surface area (Å²) in [6.45, 7) is 17.6. The molecule has 0 radical (unpaired) electrons. The normalized spacial score (nSPS) is 13.7. The molecule has 0 saturated heterocycles. The fraction of sp³-hybridized carbons (Fsp3) is 0.538. The number of hydrogen-bond acceptors (Lipinski definition) is 18. The van der Waals surface area contributed by atoms with Crippen LogP contribution in [0.2, 0.25) is 5.02 Å². The lowest BCUT2D eigenvalue weighted by molar-refractivity contribution is -0.118. The second-order valence-electron chi connectivity index (χ2n) is 19.5. The molecule has 0 aliphatic heterocycles. The van der Waals surface area contributed by atoms with E-state index in [4.69, 9.17) is 28.8 Å². The van der Waals surface area contributed by atoms with Crippen molar-refractivity contribution in [2.45, 2.75) is 182 Å². The van der Waals surface area contributed by atoms with Gasteiger partial charge in [-0.15, -0.1) is 0 Å². The van der Waals surface area contributed by atoms with Crippen molar-refractivity contribution in [3.8, 4) is 0 Å². The number of rotatable bonds is 25. The highest BCUT2D eigenvalue weighted by Crippen LogP contribution is 2.32. The largest absolute Gasteiger partial charge is 0.368 e. The molecule has 9 N–H and O–H groups in total.